The van der Waals surface area contributed by atoms with Gasteiger partial charge in [-0.2, -0.15) is 0 Å². The molecule has 1 aliphatic heterocycles. The molecule has 1 N–H and O–H groups in total. The van der Waals surface area contributed by atoms with Crippen molar-refractivity contribution in [3.63, 3.8) is 0 Å². The maximum Gasteiger partial charge on any atom is 0.337 e. The summed E-state index contributed by atoms with van der Waals surface area (Å²) in [6.45, 7) is 0.146. The first-order valence-electron chi connectivity index (χ1n) is 8.11. The van der Waals surface area contributed by atoms with Gasteiger partial charge in [0.15, 0.2) is 5.37 Å². The molecule has 0 aromatic heterocycles. The van der Waals surface area contributed by atoms with Crippen molar-refractivity contribution in [2.24, 2.45) is 0 Å². The van der Waals surface area contributed by atoms with Crippen LogP contribution in [0.4, 0.5) is 10.5 Å². The molecule has 1 fully saturated rings. The van der Waals surface area contributed by atoms with Crippen LogP contribution in [0.2, 0.25) is 0 Å². The minimum absolute atomic E-state index is 0.146. The molecule has 1 saturated heterocycles. The van der Waals surface area contributed by atoms with Gasteiger partial charge in [-0.05, 0) is 53.7 Å². The van der Waals surface area contributed by atoms with Crippen LogP contribution < -0.4 is 10.1 Å². The SMILES string of the molecule is COC(=O)c1ccc(CN2C(=O)SC(Nc3ccc(OC)cc3)C2=O)cc1. The van der Waals surface area contributed by atoms with Gasteiger partial charge in [-0.25, -0.2) is 4.79 Å². The van der Waals surface area contributed by atoms with Crippen molar-refractivity contribution >= 4 is 34.6 Å². The van der Waals surface area contributed by atoms with Crippen LogP contribution in [0.25, 0.3) is 0 Å². The molecular formula is C19H18N2O5S. The van der Waals surface area contributed by atoms with Gasteiger partial charge in [-0.1, -0.05) is 12.1 Å². The Morgan fingerprint density at radius 3 is 2.33 bits per heavy atom. The van der Waals surface area contributed by atoms with Crippen LogP contribution in [0, 0.1) is 0 Å². The van der Waals surface area contributed by atoms with E-state index in [1.807, 2.05) is 0 Å². The van der Waals surface area contributed by atoms with Crippen molar-refractivity contribution in [2.45, 2.75) is 11.9 Å². The standard InChI is InChI=1S/C19H18N2O5S/c1-25-15-9-7-14(8-10-15)20-16-17(22)21(19(24)27-16)11-12-3-5-13(6-4-12)18(23)26-2/h3-10,16,20H,11H2,1-2H3. The van der Waals surface area contributed by atoms with E-state index in [0.717, 1.165) is 23.0 Å². The third kappa shape index (κ3) is 4.22. The normalized spacial score (nSPS) is 16.4. The lowest BCUT2D eigenvalue weighted by molar-refractivity contribution is -0.126. The molecule has 1 heterocycles. The van der Waals surface area contributed by atoms with Crippen LogP contribution in [-0.4, -0.2) is 41.6 Å². The summed E-state index contributed by atoms with van der Waals surface area (Å²) in [6, 6.07) is 13.7. The lowest BCUT2D eigenvalue weighted by Crippen LogP contribution is -2.33. The Morgan fingerprint density at radius 1 is 1.07 bits per heavy atom. The molecule has 1 aliphatic rings. The molecule has 27 heavy (non-hydrogen) atoms. The highest BCUT2D eigenvalue weighted by molar-refractivity contribution is 8.15. The van der Waals surface area contributed by atoms with Crippen molar-refractivity contribution < 1.29 is 23.9 Å². The number of anilines is 1. The van der Waals surface area contributed by atoms with Gasteiger partial charge in [0.1, 0.15) is 5.75 Å². The molecule has 1 atom stereocenters. The van der Waals surface area contributed by atoms with Crippen molar-refractivity contribution in [3.8, 4) is 5.75 Å². The van der Waals surface area contributed by atoms with Gasteiger partial charge < -0.3 is 14.8 Å². The molecule has 140 valence electrons. The highest BCUT2D eigenvalue weighted by atomic mass is 32.2. The molecule has 2 aromatic rings. The Kier molecular flexibility index (Phi) is 5.66. The number of carbonyl (C=O) groups is 3. The molecule has 2 aromatic carbocycles. The van der Waals surface area contributed by atoms with Crippen LogP contribution in [0.3, 0.4) is 0 Å². The number of hydrogen-bond acceptors (Lipinski definition) is 7. The minimum atomic E-state index is -0.680. The number of hydrogen-bond donors (Lipinski definition) is 1. The van der Waals surface area contributed by atoms with E-state index in [4.69, 9.17) is 4.74 Å². The van der Waals surface area contributed by atoms with Crippen LogP contribution in [0.15, 0.2) is 48.5 Å². The average molecular weight is 386 g/mol. The maximum absolute atomic E-state index is 12.6. The van der Waals surface area contributed by atoms with Crippen molar-refractivity contribution in [2.75, 3.05) is 19.5 Å². The summed E-state index contributed by atoms with van der Waals surface area (Å²) in [5, 5.41) is 2.06. The first-order valence-corrected chi connectivity index (χ1v) is 8.99. The fraction of sp³-hybridized carbons (Fsp3) is 0.211. The van der Waals surface area contributed by atoms with Crippen LogP contribution in [-0.2, 0) is 16.1 Å². The van der Waals surface area contributed by atoms with Gasteiger partial charge in [-0.3, -0.25) is 14.5 Å². The number of nitrogens with zero attached hydrogens (tertiary/aromatic N) is 1. The summed E-state index contributed by atoms with van der Waals surface area (Å²) in [4.78, 5) is 37.5. The third-order valence-corrected chi connectivity index (χ3v) is 5.01. The predicted molar refractivity (Wildman–Crippen MR) is 102 cm³/mol. The van der Waals surface area contributed by atoms with E-state index in [2.05, 4.69) is 10.1 Å². The maximum atomic E-state index is 12.6. The fourth-order valence-electron chi connectivity index (χ4n) is 2.57. The Hall–Kier alpha value is -3.00. The Balaban J connectivity index is 1.65. The Labute approximate surface area is 160 Å². The molecular weight excluding hydrogens is 368 g/mol. The second-order valence-corrected chi connectivity index (χ2v) is 6.81. The van der Waals surface area contributed by atoms with Crippen molar-refractivity contribution in [1.82, 2.24) is 4.90 Å². The number of rotatable bonds is 6. The minimum Gasteiger partial charge on any atom is -0.497 e. The van der Waals surface area contributed by atoms with Crippen molar-refractivity contribution in [3.05, 3.63) is 59.7 Å². The summed E-state index contributed by atoms with van der Waals surface area (Å²) < 4.78 is 9.75. The van der Waals surface area contributed by atoms with E-state index in [1.54, 1.807) is 55.6 Å². The number of imide groups is 1. The second kappa shape index (κ2) is 8.13. The fourth-order valence-corrected chi connectivity index (χ4v) is 3.47. The van der Waals surface area contributed by atoms with E-state index in [0.29, 0.717) is 11.3 Å². The average Bonchev–Trinajstić information content (AvgIpc) is 2.96. The first kappa shape index (κ1) is 18.8. The zero-order valence-corrected chi connectivity index (χ0v) is 15.6. The number of methoxy groups -OCH3 is 2. The van der Waals surface area contributed by atoms with Gasteiger partial charge in [0, 0.05) is 5.69 Å². The summed E-state index contributed by atoms with van der Waals surface area (Å²) in [5.41, 5.74) is 1.88. The molecule has 2 amide bonds. The smallest absolute Gasteiger partial charge is 0.337 e. The zero-order valence-electron chi connectivity index (χ0n) is 14.8. The van der Waals surface area contributed by atoms with E-state index in [-0.39, 0.29) is 17.7 Å². The second-order valence-electron chi connectivity index (χ2n) is 5.75. The van der Waals surface area contributed by atoms with E-state index >= 15 is 0 Å². The molecule has 0 saturated carbocycles. The van der Waals surface area contributed by atoms with Gasteiger partial charge >= 0.3 is 5.97 Å². The highest BCUT2D eigenvalue weighted by Gasteiger charge is 2.39. The molecule has 0 aliphatic carbocycles. The van der Waals surface area contributed by atoms with Gasteiger partial charge in [0.05, 0.1) is 26.3 Å². The highest BCUT2D eigenvalue weighted by Crippen LogP contribution is 2.30. The summed E-state index contributed by atoms with van der Waals surface area (Å²) in [6.07, 6.45) is 0. The Morgan fingerprint density at radius 2 is 1.74 bits per heavy atom. The molecule has 3 rings (SSSR count). The Bertz CT molecular complexity index is 851. The third-order valence-electron chi connectivity index (χ3n) is 4.03. The summed E-state index contributed by atoms with van der Waals surface area (Å²) in [7, 11) is 2.89. The van der Waals surface area contributed by atoms with Crippen LogP contribution >= 0.6 is 11.8 Å². The molecule has 7 nitrogen and oxygen atoms in total. The zero-order chi connectivity index (χ0) is 19.4. The number of benzene rings is 2. The van der Waals surface area contributed by atoms with Crippen molar-refractivity contribution in [1.29, 1.82) is 0 Å². The molecule has 0 spiro atoms. The topological polar surface area (TPSA) is 84.9 Å². The summed E-state index contributed by atoms with van der Waals surface area (Å²) >= 11 is 0.938. The largest absolute Gasteiger partial charge is 0.497 e. The van der Waals surface area contributed by atoms with Gasteiger partial charge in [-0.15, -0.1) is 0 Å². The number of esters is 1. The molecule has 0 bridgehead atoms. The number of nitrogens with one attached hydrogen (secondary N) is 1. The summed E-state index contributed by atoms with van der Waals surface area (Å²) in [5.74, 6) is -0.0360. The monoisotopic (exact) mass is 386 g/mol. The molecule has 0 radical (unpaired) electrons. The van der Waals surface area contributed by atoms with E-state index < -0.39 is 11.3 Å². The van der Waals surface area contributed by atoms with E-state index in [9.17, 15) is 14.4 Å². The number of thioether (sulfide) groups is 1. The van der Waals surface area contributed by atoms with E-state index in [1.165, 1.54) is 12.0 Å². The van der Waals surface area contributed by atoms with Gasteiger partial charge in [0.25, 0.3) is 11.1 Å². The lowest BCUT2D eigenvalue weighted by Gasteiger charge is -2.15. The van der Waals surface area contributed by atoms with Crippen LogP contribution in [0.1, 0.15) is 15.9 Å². The number of amides is 2. The molecule has 1 unspecified atom stereocenters. The number of ether oxygens (including phenoxy) is 2. The quantitative estimate of drug-likeness (QED) is 0.764. The van der Waals surface area contributed by atoms with Gasteiger partial charge in [0.2, 0.25) is 0 Å². The first-order chi connectivity index (χ1) is 13.0. The lowest BCUT2D eigenvalue weighted by atomic mass is 10.1. The number of carbonyl (C=O) groups excluding carboxylic acids is 3. The predicted octanol–water partition coefficient (Wildman–Crippen LogP) is 3.12. The molecule has 8 heteroatoms. The van der Waals surface area contributed by atoms with Crippen LogP contribution in [0.5, 0.6) is 5.75 Å².